The zero-order valence-electron chi connectivity index (χ0n) is 25.4. The van der Waals surface area contributed by atoms with Gasteiger partial charge in [-0.05, 0) is 79.4 Å². The third-order valence-electron chi connectivity index (χ3n) is 8.16. The van der Waals surface area contributed by atoms with Gasteiger partial charge in [-0.1, -0.05) is 0 Å². The van der Waals surface area contributed by atoms with Crippen molar-refractivity contribution < 1.29 is 17.6 Å². The van der Waals surface area contributed by atoms with Crippen LogP contribution in [0.25, 0.3) is 50.3 Å². The highest BCUT2D eigenvalue weighted by Gasteiger charge is 2.19. The Kier molecular flexibility index (Phi) is 8.17. The number of halogens is 1. The molecular weight excluding hydrogens is 623 g/mol. The Balaban J connectivity index is 1.19. The molecule has 0 atom stereocenters. The number of benzene rings is 1. The molecule has 13 nitrogen and oxygen atoms in total. The molecule has 1 amide bonds. The number of aromatic amines is 1. The molecule has 1 aromatic carbocycles. The van der Waals surface area contributed by atoms with E-state index in [1.165, 1.54) is 12.1 Å². The van der Waals surface area contributed by atoms with E-state index in [9.17, 15) is 17.6 Å². The molecule has 7 rings (SSSR count). The smallest absolute Gasteiger partial charge is 0.224 e. The lowest BCUT2D eigenvalue weighted by Gasteiger charge is -2.21. The fraction of sp³-hybridized carbons (Fsp3) is 0.250. The Morgan fingerprint density at radius 2 is 1.85 bits per heavy atom. The SMILES string of the molecule is CS(=O)(=O)NCc1cc(F)cc(-c2ccnc3c2ncn3-c2n[nH]c3ncc(-c4cncc(NC(=O)CC5CCNCC5)c4)cc23)c1. The maximum absolute atomic E-state index is 14.6. The number of pyridine rings is 3. The van der Waals surface area contributed by atoms with Crippen LogP contribution >= 0.6 is 0 Å². The maximum Gasteiger partial charge on any atom is 0.224 e. The van der Waals surface area contributed by atoms with Crippen molar-refractivity contribution in [2.24, 2.45) is 5.92 Å². The molecule has 0 unspecified atom stereocenters. The van der Waals surface area contributed by atoms with Gasteiger partial charge in [0.05, 0.1) is 23.5 Å². The fourth-order valence-corrected chi connectivity index (χ4v) is 6.31. The third kappa shape index (κ3) is 6.72. The Morgan fingerprint density at radius 1 is 1.02 bits per heavy atom. The number of fused-ring (bicyclic) bond motifs is 2. The number of sulfonamides is 1. The zero-order chi connectivity index (χ0) is 32.5. The molecule has 1 fully saturated rings. The number of carbonyl (C=O) groups is 1. The Hall–Kier alpha value is -5.12. The zero-order valence-corrected chi connectivity index (χ0v) is 26.2. The minimum absolute atomic E-state index is 0.0274. The van der Waals surface area contributed by atoms with Gasteiger partial charge in [0.2, 0.25) is 15.9 Å². The quantitative estimate of drug-likeness (QED) is 0.180. The van der Waals surface area contributed by atoms with Crippen LogP contribution in [0, 0.1) is 11.7 Å². The van der Waals surface area contributed by atoms with Crippen LogP contribution in [0.15, 0.2) is 67.5 Å². The van der Waals surface area contributed by atoms with Gasteiger partial charge in [0.25, 0.3) is 0 Å². The molecule has 5 aromatic heterocycles. The van der Waals surface area contributed by atoms with Crippen LogP contribution in [0.1, 0.15) is 24.8 Å². The van der Waals surface area contributed by atoms with Crippen LogP contribution in [0.2, 0.25) is 0 Å². The standard InChI is InChI=1S/C32H31FN10O3S/c1-47(45,46)39-14-20-8-21(11-24(33)9-20)26-4-7-36-32-29(26)38-18-43(32)31-27-13-23(16-37-30(27)41-42-31)22-12-25(17-35-15-22)40-28(44)10-19-2-5-34-6-3-19/h4,7-9,11-13,15-19,34,39H,2-3,5-6,10,14H2,1H3,(H,40,44)(H,37,41,42). The largest absolute Gasteiger partial charge is 0.325 e. The van der Waals surface area contributed by atoms with Crippen LogP contribution in [0.4, 0.5) is 10.1 Å². The normalized spacial score (nSPS) is 14.2. The van der Waals surface area contributed by atoms with Crippen molar-refractivity contribution in [1.82, 2.24) is 44.7 Å². The average Bonchev–Trinajstić information content (AvgIpc) is 3.67. The summed E-state index contributed by atoms with van der Waals surface area (Å²) in [5.41, 5.74) is 5.32. The van der Waals surface area contributed by atoms with Crippen molar-refractivity contribution in [3.8, 4) is 28.1 Å². The van der Waals surface area contributed by atoms with E-state index in [-0.39, 0.29) is 12.5 Å². The molecule has 0 radical (unpaired) electrons. The van der Waals surface area contributed by atoms with E-state index in [4.69, 9.17) is 0 Å². The number of aromatic nitrogens is 7. The molecule has 0 bridgehead atoms. The summed E-state index contributed by atoms with van der Waals surface area (Å²) in [6.45, 7) is 1.82. The first-order chi connectivity index (χ1) is 22.7. The second-order valence-corrected chi connectivity index (χ2v) is 13.5. The first kappa shape index (κ1) is 30.5. The van der Waals surface area contributed by atoms with Crippen molar-refractivity contribution in [3.63, 3.8) is 0 Å². The van der Waals surface area contributed by atoms with Crippen LogP contribution in [-0.4, -0.2) is 68.4 Å². The maximum atomic E-state index is 14.6. The molecule has 1 aliphatic rings. The number of hydrogen-bond acceptors (Lipinski definition) is 9. The lowest BCUT2D eigenvalue weighted by molar-refractivity contribution is -0.117. The summed E-state index contributed by atoms with van der Waals surface area (Å²) >= 11 is 0. The third-order valence-corrected chi connectivity index (χ3v) is 8.82. The lowest BCUT2D eigenvalue weighted by Crippen LogP contribution is -2.30. The summed E-state index contributed by atoms with van der Waals surface area (Å²) in [5.74, 6) is 0.353. The Labute approximate surface area is 269 Å². The summed E-state index contributed by atoms with van der Waals surface area (Å²) in [6.07, 6.45) is 11.8. The summed E-state index contributed by atoms with van der Waals surface area (Å²) < 4.78 is 41.9. The predicted molar refractivity (Wildman–Crippen MR) is 175 cm³/mol. The number of amides is 1. The number of nitrogens with zero attached hydrogens (tertiary/aromatic N) is 6. The van der Waals surface area contributed by atoms with Gasteiger partial charge in [-0.25, -0.2) is 32.5 Å². The highest BCUT2D eigenvalue weighted by molar-refractivity contribution is 7.88. The fourth-order valence-electron chi connectivity index (χ4n) is 5.89. The molecular formula is C32H31FN10O3S. The highest BCUT2D eigenvalue weighted by atomic mass is 32.2. The lowest BCUT2D eigenvalue weighted by atomic mass is 9.94. The summed E-state index contributed by atoms with van der Waals surface area (Å²) in [5, 5.41) is 14.5. The topological polar surface area (TPSA) is 172 Å². The van der Waals surface area contributed by atoms with Gasteiger partial charge in [0.15, 0.2) is 17.1 Å². The van der Waals surface area contributed by atoms with E-state index < -0.39 is 15.8 Å². The van der Waals surface area contributed by atoms with Crippen molar-refractivity contribution in [2.45, 2.75) is 25.8 Å². The summed E-state index contributed by atoms with van der Waals surface area (Å²) in [7, 11) is -3.46. The number of piperidine rings is 1. The van der Waals surface area contributed by atoms with E-state index in [1.807, 2.05) is 12.1 Å². The van der Waals surface area contributed by atoms with Crippen LogP contribution in [0.5, 0.6) is 0 Å². The molecule has 1 aliphatic heterocycles. The molecule has 0 spiro atoms. The molecule has 15 heteroatoms. The molecule has 240 valence electrons. The van der Waals surface area contributed by atoms with Crippen LogP contribution < -0.4 is 15.4 Å². The van der Waals surface area contributed by atoms with Crippen molar-refractivity contribution in [1.29, 1.82) is 0 Å². The van der Waals surface area contributed by atoms with E-state index in [0.717, 1.165) is 43.3 Å². The molecule has 4 N–H and O–H groups in total. The van der Waals surface area contributed by atoms with E-state index in [1.54, 1.807) is 47.8 Å². The molecule has 0 saturated carbocycles. The van der Waals surface area contributed by atoms with Crippen LogP contribution in [-0.2, 0) is 21.4 Å². The first-order valence-electron chi connectivity index (χ1n) is 15.1. The van der Waals surface area contributed by atoms with Gasteiger partial charge in [-0.2, -0.15) is 5.10 Å². The number of anilines is 1. The monoisotopic (exact) mass is 654 g/mol. The predicted octanol–water partition coefficient (Wildman–Crippen LogP) is 3.94. The molecule has 47 heavy (non-hydrogen) atoms. The van der Waals surface area contributed by atoms with Crippen molar-refractivity contribution in [2.75, 3.05) is 24.7 Å². The average molecular weight is 655 g/mol. The van der Waals surface area contributed by atoms with E-state index in [2.05, 4.69) is 45.5 Å². The minimum Gasteiger partial charge on any atom is -0.325 e. The minimum atomic E-state index is -3.46. The number of nitrogens with one attached hydrogen (secondary N) is 4. The van der Waals surface area contributed by atoms with Gasteiger partial charge >= 0.3 is 0 Å². The summed E-state index contributed by atoms with van der Waals surface area (Å²) in [4.78, 5) is 30.8. The summed E-state index contributed by atoms with van der Waals surface area (Å²) in [6, 6.07) is 9.91. The van der Waals surface area contributed by atoms with Crippen molar-refractivity contribution in [3.05, 3.63) is 78.9 Å². The number of imidazole rings is 1. The second-order valence-electron chi connectivity index (χ2n) is 11.7. The van der Waals surface area contributed by atoms with Crippen molar-refractivity contribution >= 4 is 43.8 Å². The van der Waals surface area contributed by atoms with Gasteiger partial charge < -0.3 is 10.6 Å². The number of rotatable bonds is 9. The van der Waals surface area contributed by atoms with Gasteiger partial charge in [-0.3, -0.25) is 19.4 Å². The molecule has 1 saturated heterocycles. The van der Waals surface area contributed by atoms with Gasteiger partial charge in [-0.15, -0.1) is 0 Å². The Morgan fingerprint density at radius 3 is 2.68 bits per heavy atom. The van der Waals surface area contributed by atoms with E-state index >= 15 is 0 Å². The highest BCUT2D eigenvalue weighted by Crippen LogP contribution is 2.32. The number of carbonyl (C=O) groups excluding carboxylic acids is 1. The van der Waals surface area contributed by atoms with Gasteiger partial charge in [0.1, 0.15) is 17.7 Å². The number of H-pyrrole nitrogens is 1. The molecule has 6 aromatic rings. The first-order valence-corrected chi connectivity index (χ1v) is 17.0. The van der Waals surface area contributed by atoms with Crippen LogP contribution in [0.3, 0.4) is 0 Å². The van der Waals surface area contributed by atoms with E-state index in [0.29, 0.717) is 62.7 Å². The number of hydrogen-bond donors (Lipinski definition) is 4. The van der Waals surface area contributed by atoms with Gasteiger partial charge in [0, 0.05) is 48.2 Å². The molecule has 0 aliphatic carbocycles. The second kappa shape index (κ2) is 12.6. The molecule has 6 heterocycles. The Bertz CT molecular complexity index is 2230.